The minimum absolute atomic E-state index is 0.0969. The molecule has 0 amide bonds. The third-order valence-electron chi connectivity index (χ3n) is 1.94. The summed E-state index contributed by atoms with van der Waals surface area (Å²) >= 11 is 6.03. The smallest absolute Gasteiger partial charge is 0.185 e. The molecule has 5 heteroatoms. The topological polar surface area (TPSA) is 73.6 Å². The van der Waals surface area contributed by atoms with Crippen LogP contribution < -0.4 is 16.2 Å². The molecule has 4 N–H and O–H groups in total. The van der Waals surface area contributed by atoms with E-state index in [9.17, 15) is 0 Å². The summed E-state index contributed by atoms with van der Waals surface area (Å²) in [5.74, 6) is 0.838. The van der Waals surface area contributed by atoms with Crippen LogP contribution in [0.5, 0.6) is 5.75 Å². The van der Waals surface area contributed by atoms with Gasteiger partial charge in [-0.1, -0.05) is 17.7 Å². The summed E-state index contributed by atoms with van der Waals surface area (Å²) in [6, 6.07) is 5.53. The fraction of sp³-hybridized carbons (Fsp3) is 0.300. The molecule has 0 aliphatic heterocycles. The number of hydrogen-bond donors (Lipinski definition) is 2. The molecule has 0 fully saturated rings. The van der Waals surface area contributed by atoms with E-state index in [-0.39, 0.29) is 5.96 Å². The Balaban J connectivity index is 2.66. The van der Waals surface area contributed by atoms with Gasteiger partial charge >= 0.3 is 0 Å². The van der Waals surface area contributed by atoms with Gasteiger partial charge in [0.2, 0.25) is 0 Å². The number of ether oxygens (including phenoxy) is 1. The minimum atomic E-state index is 0.0969. The van der Waals surface area contributed by atoms with E-state index in [4.69, 9.17) is 27.8 Å². The fourth-order valence-electron chi connectivity index (χ4n) is 1.16. The van der Waals surface area contributed by atoms with Crippen molar-refractivity contribution >= 4 is 17.6 Å². The lowest BCUT2D eigenvalue weighted by atomic mass is 10.1. The lowest BCUT2D eigenvalue weighted by molar-refractivity contribution is 0.414. The molecule has 1 rings (SSSR count). The van der Waals surface area contributed by atoms with Gasteiger partial charge in [-0.05, 0) is 24.1 Å². The molecule has 0 heterocycles. The second kappa shape index (κ2) is 5.46. The maximum absolute atomic E-state index is 6.03. The molecule has 0 bridgehead atoms. The molecule has 0 radical (unpaired) electrons. The van der Waals surface area contributed by atoms with Crippen LogP contribution in [0.25, 0.3) is 0 Å². The number of aliphatic imine (C=N–C) groups is 1. The molecule has 0 unspecified atom stereocenters. The largest absolute Gasteiger partial charge is 0.497 e. The van der Waals surface area contributed by atoms with E-state index in [0.29, 0.717) is 18.0 Å². The summed E-state index contributed by atoms with van der Waals surface area (Å²) in [6.07, 6.45) is 0.709. The zero-order chi connectivity index (χ0) is 11.3. The van der Waals surface area contributed by atoms with E-state index in [1.807, 2.05) is 12.1 Å². The first kappa shape index (κ1) is 11.7. The summed E-state index contributed by atoms with van der Waals surface area (Å²) in [4.78, 5) is 3.89. The highest BCUT2D eigenvalue weighted by Gasteiger charge is 2.01. The zero-order valence-electron chi connectivity index (χ0n) is 8.53. The Morgan fingerprint density at radius 3 is 2.73 bits per heavy atom. The predicted octanol–water partition coefficient (Wildman–Crippen LogP) is 1.16. The van der Waals surface area contributed by atoms with Crippen molar-refractivity contribution in [2.45, 2.75) is 6.42 Å². The van der Waals surface area contributed by atoms with Crippen molar-refractivity contribution in [3.05, 3.63) is 28.8 Å². The highest BCUT2D eigenvalue weighted by Crippen LogP contribution is 2.22. The maximum atomic E-state index is 6.03. The Morgan fingerprint density at radius 2 is 2.20 bits per heavy atom. The summed E-state index contributed by atoms with van der Waals surface area (Å²) in [5.41, 5.74) is 11.4. The number of halogens is 1. The van der Waals surface area contributed by atoms with Crippen LogP contribution >= 0.6 is 11.6 Å². The lowest BCUT2D eigenvalue weighted by Crippen LogP contribution is -2.23. The monoisotopic (exact) mass is 227 g/mol. The standard InChI is InChI=1S/C10H14ClN3O/c1-15-8-3-2-7(9(11)6-8)4-5-14-10(12)13/h2-3,6H,4-5H2,1H3,(H4,12,13,14). The highest BCUT2D eigenvalue weighted by atomic mass is 35.5. The molecule has 0 aliphatic carbocycles. The van der Waals surface area contributed by atoms with Gasteiger partial charge in [-0.15, -0.1) is 0 Å². The van der Waals surface area contributed by atoms with Crippen LogP contribution in [-0.2, 0) is 6.42 Å². The molecule has 0 saturated carbocycles. The Hall–Kier alpha value is -1.42. The fourth-order valence-corrected chi connectivity index (χ4v) is 1.43. The Morgan fingerprint density at radius 1 is 1.47 bits per heavy atom. The van der Waals surface area contributed by atoms with Gasteiger partial charge < -0.3 is 16.2 Å². The summed E-state index contributed by atoms with van der Waals surface area (Å²) in [6.45, 7) is 0.536. The molecule has 1 aromatic rings. The Kier molecular flexibility index (Phi) is 4.24. The van der Waals surface area contributed by atoms with Crippen molar-refractivity contribution in [1.82, 2.24) is 0 Å². The number of methoxy groups -OCH3 is 1. The first-order chi connectivity index (χ1) is 7.13. The molecule has 4 nitrogen and oxygen atoms in total. The third-order valence-corrected chi connectivity index (χ3v) is 2.29. The second-order valence-corrected chi connectivity index (χ2v) is 3.42. The molecule has 1 aromatic carbocycles. The predicted molar refractivity (Wildman–Crippen MR) is 62.4 cm³/mol. The number of benzene rings is 1. The van der Waals surface area contributed by atoms with Crippen molar-refractivity contribution < 1.29 is 4.74 Å². The summed E-state index contributed by atoms with van der Waals surface area (Å²) < 4.78 is 5.04. The molecule has 0 spiro atoms. The van der Waals surface area contributed by atoms with Gasteiger partial charge in [-0.3, -0.25) is 4.99 Å². The third kappa shape index (κ3) is 3.67. The molecular formula is C10H14ClN3O. The van der Waals surface area contributed by atoms with Crippen LogP contribution in [0.15, 0.2) is 23.2 Å². The quantitative estimate of drug-likeness (QED) is 0.599. The van der Waals surface area contributed by atoms with E-state index in [0.717, 1.165) is 11.3 Å². The first-order valence-electron chi connectivity index (χ1n) is 4.51. The molecule has 0 saturated heterocycles. The molecular weight excluding hydrogens is 214 g/mol. The lowest BCUT2D eigenvalue weighted by Gasteiger charge is -2.05. The number of hydrogen-bond acceptors (Lipinski definition) is 2. The molecule has 15 heavy (non-hydrogen) atoms. The second-order valence-electron chi connectivity index (χ2n) is 3.01. The number of nitrogens with zero attached hydrogens (tertiary/aromatic N) is 1. The van der Waals surface area contributed by atoms with Gasteiger partial charge in [0.25, 0.3) is 0 Å². The maximum Gasteiger partial charge on any atom is 0.185 e. The SMILES string of the molecule is COc1ccc(CCN=C(N)N)c(Cl)c1. The minimum Gasteiger partial charge on any atom is -0.497 e. The van der Waals surface area contributed by atoms with Gasteiger partial charge in [0.15, 0.2) is 5.96 Å². The number of nitrogens with two attached hydrogens (primary N) is 2. The number of rotatable bonds is 4. The normalized spacial score (nSPS) is 9.73. The summed E-state index contributed by atoms with van der Waals surface area (Å²) in [5, 5.41) is 0.667. The van der Waals surface area contributed by atoms with Crippen molar-refractivity contribution in [3.63, 3.8) is 0 Å². The Labute approximate surface area is 93.9 Å². The van der Waals surface area contributed by atoms with Crippen LogP contribution in [0, 0.1) is 0 Å². The summed E-state index contributed by atoms with van der Waals surface area (Å²) in [7, 11) is 1.60. The van der Waals surface area contributed by atoms with E-state index in [1.54, 1.807) is 13.2 Å². The van der Waals surface area contributed by atoms with Gasteiger partial charge in [0.05, 0.1) is 7.11 Å². The van der Waals surface area contributed by atoms with Gasteiger partial charge in [0.1, 0.15) is 5.75 Å². The van der Waals surface area contributed by atoms with E-state index in [1.165, 1.54) is 0 Å². The van der Waals surface area contributed by atoms with Crippen LogP contribution in [0.3, 0.4) is 0 Å². The van der Waals surface area contributed by atoms with Gasteiger partial charge in [0, 0.05) is 11.6 Å². The molecule has 0 aromatic heterocycles. The van der Waals surface area contributed by atoms with E-state index >= 15 is 0 Å². The zero-order valence-corrected chi connectivity index (χ0v) is 9.29. The first-order valence-corrected chi connectivity index (χ1v) is 4.89. The molecule has 0 aliphatic rings. The van der Waals surface area contributed by atoms with Crippen molar-refractivity contribution in [3.8, 4) is 5.75 Å². The van der Waals surface area contributed by atoms with Gasteiger partial charge in [-0.2, -0.15) is 0 Å². The number of guanidine groups is 1. The average Bonchev–Trinajstić information content (AvgIpc) is 2.20. The van der Waals surface area contributed by atoms with Crippen LogP contribution in [0.4, 0.5) is 0 Å². The van der Waals surface area contributed by atoms with Crippen LogP contribution in [-0.4, -0.2) is 19.6 Å². The van der Waals surface area contributed by atoms with Crippen LogP contribution in [0.2, 0.25) is 5.02 Å². The van der Waals surface area contributed by atoms with Crippen molar-refractivity contribution in [2.24, 2.45) is 16.5 Å². The van der Waals surface area contributed by atoms with Gasteiger partial charge in [-0.25, -0.2) is 0 Å². The van der Waals surface area contributed by atoms with Crippen LogP contribution in [0.1, 0.15) is 5.56 Å². The van der Waals surface area contributed by atoms with Crippen molar-refractivity contribution in [1.29, 1.82) is 0 Å². The van der Waals surface area contributed by atoms with Crippen molar-refractivity contribution in [2.75, 3.05) is 13.7 Å². The Bertz CT molecular complexity index is 362. The van der Waals surface area contributed by atoms with E-state index in [2.05, 4.69) is 4.99 Å². The molecule has 0 atom stereocenters. The average molecular weight is 228 g/mol. The highest BCUT2D eigenvalue weighted by molar-refractivity contribution is 6.31. The van der Waals surface area contributed by atoms with E-state index < -0.39 is 0 Å². The molecule has 82 valence electrons.